The summed E-state index contributed by atoms with van der Waals surface area (Å²) in [6.07, 6.45) is 2.42. The van der Waals surface area contributed by atoms with Gasteiger partial charge in [0.1, 0.15) is 0 Å². The first-order valence-electron chi connectivity index (χ1n) is 7.77. The van der Waals surface area contributed by atoms with Crippen LogP contribution < -0.4 is 5.32 Å². The molecule has 0 aromatic heterocycles. The van der Waals surface area contributed by atoms with Gasteiger partial charge in [0.05, 0.1) is 6.61 Å². The minimum Gasteiger partial charge on any atom is -0.381 e. The molecule has 0 amide bonds. The normalized spacial score (nSPS) is 23.7. The van der Waals surface area contributed by atoms with Crippen LogP contribution in [0.5, 0.6) is 0 Å². The Balaban J connectivity index is 2.51. The molecular weight excluding hydrogens is 238 g/mol. The highest BCUT2D eigenvalue weighted by atomic mass is 16.5. The van der Waals surface area contributed by atoms with Crippen LogP contribution >= 0.6 is 0 Å². The van der Waals surface area contributed by atoms with Gasteiger partial charge in [0.15, 0.2) is 0 Å². The lowest BCUT2D eigenvalue weighted by atomic mass is 9.86. The van der Waals surface area contributed by atoms with Gasteiger partial charge in [0, 0.05) is 38.2 Å². The van der Waals surface area contributed by atoms with E-state index in [2.05, 4.69) is 43.1 Å². The molecule has 0 radical (unpaired) electrons. The highest BCUT2D eigenvalue weighted by Gasteiger charge is 2.35. The Bertz CT molecular complexity index is 227. The van der Waals surface area contributed by atoms with E-state index >= 15 is 0 Å². The number of hydrogen-bond donors (Lipinski definition) is 1. The SMILES string of the molecule is CCCN(CCN(C)C)CC1(CNCC)CCOC1. The van der Waals surface area contributed by atoms with Crippen LogP contribution in [0.4, 0.5) is 0 Å². The molecule has 0 aliphatic carbocycles. The fourth-order valence-corrected chi connectivity index (χ4v) is 2.76. The maximum atomic E-state index is 5.69. The van der Waals surface area contributed by atoms with Crippen LogP contribution in [-0.2, 0) is 4.74 Å². The van der Waals surface area contributed by atoms with Crippen molar-refractivity contribution < 1.29 is 4.74 Å². The molecule has 19 heavy (non-hydrogen) atoms. The van der Waals surface area contributed by atoms with Crippen molar-refractivity contribution in [2.75, 3.05) is 66.6 Å². The summed E-state index contributed by atoms with van der Waals surface area (Å²) in [5.41, 5.74) is 0.331. The molecule has 0 spiro atoms. The predicted molar refractivity (Wildman–Crippen MR) is 81.7 cm³/mol. The van der Waals surface area contributed by atoms with E-state index in [1.54, 1.807) is 0 Å². The zero-order chi connectivity index (χ0) is 14.1. The van der Waals surface area contributed by atoms with Crippen LogP contribution in [-0.4, -0.2) is 76.4 Å². The number of rotatable bonds is 10. The van der Waals surface area contributed by atoms with E-state index in [1.165, 1.54) is 25.9 Å². The van der Waals surface area contributed by atoms with Crippen molar-refractivity contribution in [2.45, 2.75) is 26.7 Å². The molecule has 0 aromatic carbocycles. The molecule has 1 N–H and O–H groups in total. The van der Waals surface area contributed by atoms with Crippen LogP contribution in [0.3, 0.4) is 0 Å². The Labute approximate surface area is 119 Å². The molecular formula is C15H33N3O. The van der Waals surface area contributed by atoms with Gasteiger partial charge in [0.25, 0.3) is 0 Å². The standard InChI is InChI=1S/C15H33N3O/c1-5-8-18(10-9-17(3)4)13-15(12-16-6-2)7-11-19-14-15/h16H,5-14H2,1-4H3. The molecule has 1 aliphatic heterocycles. The summed E-state index contributed by atoms with van der Waals surface area (Å²) < 4.78 is 5.69. The first-order chi connectivity index (χ1) is 9.12. The van der Waals surface area contributed by atoms with Crippen molar-refractivity contribution in [1.29, 1.82) is 0 Å². The maximum Gasteiger partial charge on any atom is 0.0547 e. The second-order valence-corrected chi connectivity index (χ2v) is 6.16. The second-order valence-electron chi connectivity index (χ2n) is 6.16. The van der Waals surface area contributed by atoms with Gasteiger partial charge in [0.2, 0.25) is 0 Å². The van der Waals surface area contributed by atoms with Crippen molar-refractivity contribution >= 4 is 0 Å². The summed E-state index contributed by atoms with van der Waals surface area (Å²) in [6.45, 7) is 13.1. The molecule has 0 aromatic rings. The third-order valence-corrected chi connectivity index (χ3v) is 3.90. The highest BCUT2D eigenvalue weighted by Crippen LogP contribution is 2.29. The van der Waals surface area contributed by atoms with E-state index in [0.717, 1.165) is 39.4 Å². The summed E-state index contributed by atoms with van der Waals surface area (Å²) in [7, 11) is 4.30. The van der Waals surface area contributed by atoms with E-state index in [0.29, 0.717) is 5.41 Å². The number of ether oxygens (including phenoxy) is 1. The molecule has 0 saturated carbocycles. The fourth-order valence-electron chi connectivity index (χ4n) is 2.76. The third-order valence-electron chi connectivity index (χ3n) is 3.90. The lowest BCUT2D eigenvalue weighted by molar-refractivity contribution is 0.104. The quantitative estimate of drug-likeness (QED) is 0.648. The summed E-state index contributed by atoms with van der Waals surface area (Å²) in [4.78, 5) is 4.89. The molecule has 1 heterocycles. The predicted octanol–water partition coefficient (Wildman–Crippen LogP) is 1.28. The van der Waals surface area contributed by atoms with Crippen LogP contribution in [0.15, 0.2) is 0 Å². The van der Waals surface area contributed by atoms with Crippen molar-refractivity contribution in [3.63, 3.8) is 0 Å². The highest BCUT2D eigenvalue weighted by molar-refractivity contribution is 4.88. The molecule has 1 aliphatic rings. The Morgan fingerprint density at radius 3 is 2.47 bits per heavy atom. The van der Waals surface area contributed by atoms with Gasteiger partial charge in [-0.05, 0) is 40.0 Å². The smallest absolute Gasteiger partial charge is 0.0547 e. The summed E-state index contributed by atoms with van der Waals surface area (Å²) in [5, 5.41) is 3.53. The number of nitrogens with zero attached hydrogens (tertiary/aromatic N) is 2. The summed E-state index contributed by atoms with van der Waals surface area (Å²) >= 11 is 0. The van der Waals surface area contributed by atoms with Crippen molar-refractivity contribution in [3.8, 4) is 0 Å². The molecule has 114 valence electrons. The van der Waals surface area contributed by atoms with Crippen LogP contribution in [0.25, 0.3) is 0 Å². The molecule has 1 atom stereocenters. The van der Waals surface area contributed by atoms with Crippen molar-refractivity contribution in [3.05, 3.63) is 0 Å². The molecule has 1 fully saturated rings. The number of likely N-dealkylation sites (N-methyl/N-ethyl adjacent to an activating group) is 1. The molecule has 0 bridgehead atoms. The van der Waals surface area contributed by atoms with Gasteiger partial charge in [-0.25, -0.2) is 0 Å². The largest absolute Gasteiger partial charge is 0.381 e. The zero-order valence-electron chi connectivity index (χ0n) is 13.4. The average molecular weight is 271 g/mol. The molecule has 1 saturated heterocycles. The molecule has 4 nitrogen and oxygen atoms in total. The summed E-state index contributed by atoms with van der Waals surface area (Å²) in [5.74, 6) is 0. The first-order valence-corrected chi connectivity index (χ1v) is 7.77. The van der Waals surface area contributed by atoms with Gasteiger partial charge in [-0.2, -0.15) is 0 Å². The molecule has 4 heteroatoms. The van der Waals surface area contributed by atoms with Gasteiger partial charge >= 0.3 is 0 Å². The Kier molecular flexibility index (Phi) is 7.91. The molecule has 1 rings (SSSR count). The van der Waals surface area contributed by atoms with Crippen molar-refractivity contribution in [1.82, 2.24) is 15.1 Å². The maximum absolute atomic E-state index is 5.69. The topological polar surface area (TPSA) is 27.7 Å². The fraction of sp³-hybridized carbons (Fsp3) is 1.00. The van der Waals surface area contributed by atoms with E-state index < -0.39 is 0 Å². The van der Waals surface area contributed by atoms with E-state index in [-0.39, 0.29) is 0 Å². The van der Waals surface area contributed by atoms with Crippen LogP contribution in [0, 0.1) is 5.41 Å². The zero-order valence-corrected chi connectivity index (χ0v) is 13.4. The minimum absolute atomic E-state index is 0.331. The first kappa shape index (κ1) is 16.9. The molecule has 1 unspecified atom stereocenters. The van der Waals surface area contributed by atoms with Crippen molar-refractivity contribution in [2.24, 2.45) is 5.41 Å². The Hall–Kier alpha value is -0.160. The van der Waals surface area contributed by atoms with Crippen LogP contribution in [0.2, 0.25) is 0 Å². The summed E-state index contributed by atoms with van der Waals surface area (Å²) in [6, 6.07) is 0. The monoisotopic (exact) mass is 271 g/mol. The third kappa shape index (κ3) is 6.21. The van der Waals surface area contributed by atoms with Gasteiger partial charge in [-0.1, -0.05) is 13.8 Å². The van der Waals surface area contributed by atoms with Gasteiger partial charge < -0.3 is 19.9 Å². The lowest BCUT2D eigenvalue weighted by Gasteiger charge is -2.35. The van der Waals surface area contributed by atoms with E-state index in [9.17, 15) is 0 Å². The van der Waals surface area contributed by atoms with Gasteiger partial charge in [-0.15, -0.1) is 0 Å². The Morgan fingerprint density at radius 2 is 1.95 bits per heavy atom. The van der Waals surface area contributed by atoms with E-state index in [1.807, 2.05) is 0 Å². The van der Waals surface area contributed by atoms with Crippen LogP contribution in [0.1, 0.15) is 26.7 Å². The Morgan fingerprint density at radius 1 is 1.16 bits per heavy atom. The van der Waals surface area contributed by atoms with E-state index in [4.69, 9.17) is 4.74 Å². The minimum atomic E-state index is 0.331. The second kappa shape index (κ2) is 8.90. The lowest BCUT2D eigenvalue weighted by Crippen LogP contribution is -2.46. The number of nitrogens with one attached hydrogen (secondary N) is 1. The number of hydrogen-bond acceptors (Lipinski definition) is 4. The average Bonchev–Trinajstić information content (AvgIpc) is 2.83. The van der Waals surface area contributed by atoms with Gasteiger partial charge in [-0.3, -0.25) is 0 Å².